The van der Waals surface area contributed by atoms with Crippen LogP contribution in [-0.2, 0) is 0 Å². The number of hydrogen-bond acceptors (Lipinski definition) is 4. The molecule has 0 aliphatic carbocycles. The summed E-state index contributed by atoms with van der Waals surface area (Å²) in [4.78, 5) is 22.7. The minimum Gasteiger partial charge on any atom is -0.451 e. The van der Waals surface area contributed by atoms with Crippen molar-refractivity contribution in [2.45, 2.75) is 0 Å². The Hall–Kier alpha value is -2.21. The second-order valence-electron chi connectivity index (χ2n) is 3.09. The molecule has 1 aromatic carbocycles. The van der Waals surface area contributed by atoms with Crippen molar-refractivity contribution in [2.75, 3.05) is 0 Å². The molecule has 1 heterocycles. The van der Waals surface area contributed by atoms with Crippen molar-refractivity contribution < 1.29 is 13.6 Å². The van der Waals surface area contributed by atoms with Gasteiger partial charge in [0.25, 0.3) is 0 Å². The maximum Gasteiger partial charge on any atom is 0.301 e. The number of hydrogen-bond donors (Lipinski definition) is 2. The molecule has 16 heavy (non-hydrogen) atoms. The molecule has 82 valence electrons. The maximum atomic E-state index is 12.9. The van der Waals surface area contributed by atoms with E-state index in [1.54, 1.807) is 0 Å². The van der Waals surface area contributed by atoms with Gasteiger partial charge in [-0.25, -0.2) is 10.2 Å². The van der Waals surface area contributed by atoms with Crippen LogP contribution in [0.5, 0.6) is 0 Å². The fourth-order valence-corrected chi connectivity index (χ4v) is 1.31. The summed E-state index contributed by atoms with van der Waals surface area (Å²) >= 11 is 0. The lowest BCUT2D eigenvalue weighted by atomic mass is 10.2. The van der Waals surface area contributed by atoms with Crippen LogP contribution >= 0.6 is 0 Å². The van der Waals surface area contributed by atoms with E-state index in [2.05, 4.69) is 0 Å². The number of nitrogens with one attached hydrogen (secondary N) is 1. The molecule has 1 aromatic heterocycles. The Balaban J connectivity index is 2.73. The van der Waals surface area contributed by atoms with Gasteiger partial charge in [-0.2, -0.15) is 0 Å². The van der Waals surface area contributed by atoms with E-state index in [1.165, 1.54) is 6.07 Å². The largest absolute Gasteiger partial charge is 0.451 e. The van der Waals surface area contributed by atoms with Gasteiger partial charge < -0.3 is 4.42 Å². The van der Waals surface area contributed by atoms with Crippen LogP contribution < -0.4 is 16.7 Å². The molecule has 0 spiro atoms. The van der Waals surface area contributed by atoms with Crippen LogP contribution in [0, 0.1) is 5.82 Å². The molecule has 2 rings (SSSR count). The van der Waals surface area contributed by atoms with E-state index < -0.39 is 17.2 Å². The highest BCUT2D eigenvalue weighted by Crippen LogP contribution is 2.13. The topological polar surface area (TPSA) is 85.3 Å². The molecule has 0 saturated heterocycles. The third-order valence-corrected chi connectivity index (χ3v) is 2.04. The molecule has 0 bridgehead atoms. The third-order valence-electron chi connectivity index (χ3n) is 2.04. The summed E-state index contributed by atoms with van der Waals surface area (Å²) < 4.78 is 18.0. The lowest BCUT2D eigenvalue weighted by Crippen LogP contribution is -2.30. The SMILES string of the molecule is NNC(=O)c1cc(=O)c2cc(F)ccc2o1. The van der Waals surface area contributed by atoms with E-state index in [9.17, 15) is 14.0 Å². The van der Waals surface area contributed by atoms with Gasteiger partial charge in [0.2, 0.25) is 0 Å². The average Bonchev–Trinajstić information content (AvgIpc) is 2.28. The van der Waals surface area contributed by atoms with Crippen LogP contribution in [-0.4, -0.2) is 5.91 Å². The van der Waals surface area contributed by atoms with Crippen LogP contribution in [0.25, 0.3) is 11.0 Å². The van der Waals surface area contributed by atoms with Crippen molar-refractivity contribution in [3.05, 3.63) is 46.1 Å². The second-order valence-corrected chi connectivity index (χ2v) is 3.09. The van der Waals surface area contributed by atoms with Crippen LogP contribution in [0.1, 0.15) is 10.6 Å². The Morgan fingerprint density at radius 2 is 2.12 bits per heavy atom. The minimum absolute atomic E-state index is 0.0774. The molecule has 3 N–H and O–H groups in total. The number of nitrogen functional groups attached to an aromatic ring is 1. The number of halogens is 1. The summed E-state index contributed by atoms with van der Waals surface area (Å²) in [6.45, 7) is 0. The fourth-order valence-electron chi connectivity index (χ4n) is 1.31. The monoisotopic (exact) mass is 222 g/mol. The maximum absolute atomic E-state index is 12.9. The third kappa shape index (κ3) is 1.66. The van der Waals surface area contributed by atoms with Crippen LogP contribution in [0.15, 0.2) is 33.5 Å². The molecule has 0 aliphatic rings. The number of fused-ring (bicyclic) bond motifs is 1. The predicted molar refractivity (Wildman–Crippen MR) is 54.1 cm³/mol. The van der Waals surface area contributed by atoms with Crippen LogP contribution in [0.4, 0.5) is 4.39 Å². The van der Waals surface area contributed by atoms with Crippen LogP contribution in [0.3, 0.4) is 0 Å². The van der Waals surface area contributed by atoms with Crippen molar-refractivity contribution in [2.24, 2.45) is 5.84 Å². The van der Waals surface area contributed by atoms with E-state index in [1.807, 2.05) is 5.43 Å². The van der Waals surface area contributed by atoms with Crippen molar-refractivity contribution in [1.82, 2.24) is 5.43 Å². The van der Waals surface area contributed by atoms with Crippen molar-refractivity contribution >= 4 is 16.9 Å². The lowest BCUT2D eigenvalue weighted by molar-refractivity contribution is 0.0926. The zero-order chi connectivity index (χ0) is 11.7. The van der Waals surface area contributed by atoms with Gasteiger partial charge in [-0.05, 0) is 18.2 Å². The molecule has 1 amide bonds. The highest BCUT2D eigenvalue weighted by molar-refractivity contribution is 5.92. The highest BCUT2D eigenvalue weighted by atomic mass is 19.1. The highest BCUT2D eigenvalue weighted by Gasteiger charge is 2.11. The van der Waals surface area contributed by atoms with E-state index in [0.717, 1.165) is 18.2 Å². The van der Waals surface area contributed by atoms with Gasteiger partial charge in [0.15, 0.2) is 11.2 Å². The molecule has 0 fully saturated rings. The number of benzene rings is 1. The van der Waals surface area contributed by atoms with Gasteiger partial charge in [-0.3, -0.25) is 15.0 Å². The van der Waals surface area contributed by atoms with Crippen molar-refractivity contribution in [3.8, 4) is 0 Å². The zero-order valence-electron chi connectivity index (χ0n) is 7.99. The van der Waals surface area contributed by atoms with E-state index in [4.69, 9.17) is 10.3 Å². The van der Waals surface area contributed by atoms with E-state index in [-0.39, 0.29) is 16.7 Å². The van der Waals surface area contributed by atoms with Gasteiger partial charge in [0.05, 0.1) is 5.39 Å². The fraction of sp³-hybridized carbons (Fsp3) is 0. The number of carbonyl (C=O) groups is 1. The number of rotatable bonds is 1. The molecule has 0 atom stereocenters. The smallest absolute Gasteiger partial charge is 0.301 e. The standard InChI is InChI=1S/C10H7FN2O3/c11-5-1-2-8-6(3-5)7(14)4-9(16-8)10(15)13-12/h1-4H,12H2,(H,13,15). The average molecular weight is 222 g/mol. The molecular weight excluding hydrogens is 215 g/mol. The molecule has 6 heteroatoms. The van der Waals surface area contributed by atoms with Crippen molar-refractivity contribution in [1.29, 1.82) is 0 Å². The molecule has 0 aliphatic heterocycles. The van der Waals surface area contributed by atoms with Gasteiger partial charge >= 0.3 is 5.91 Å². The minimum atomic E-state index is -0.719. The quantitative estimate of drug-likeness (QED) is 0.419. The molecule has 0 unspecified atom stereocenters. The summed E-state index contributed by atoms with van der Waals surface area (Å²) in [5.41, 5.74) is 1.47. The Morgan fingerprint density at radius 1 is 1.38 bits per heavy atom. The summed E-state index contributed by atoms with van der Waals surface area (Å²) in [6, 6.07) is 4.42. The number of carbonyl (C=O) groups excluding carboxylic acids is 1. The van der Waals surface area contributed by atoms with Crippen molar-refractivity contribution in [3.63, 3.8) is 0 Å². The predicted octanol–water partition coefficient (Wildman–Crippen LogP) is 0.536. The first-order valence-corrected chi connectivity index (χ1v) is 4.36. The second kappa shape index (κ2) is 3.74. The lowest BCUT2D eigenvalue weighted by Gasteiger charge is -2.01. The van der Waals surface area contributed by atoms with Gasteiger partial charge in [-0.1, -0.05) is 0 Å². The summed E-state index contributed by atoms with van der Waals surface area (Å²) in [5, 5.41) is 0.0774. The Labute approximate surface area is 88.6 Å². The Kier molecular flexibility index (Phi) is 2.41. The first-order valence-electron chi connectivity index (χ1n) is 4.36. The molecule has 0 saturated carbocycles. The van der Waals surface area contributed by atoms with Gasteiger partial charge in [0.1, 0.15) is 11.4 Å². The molecule has 2 aromatic rings. The normalized spacial score (nSPS) is 10.4. The summed E-state index contributed by atoms with van der Waals surface area (Å²) in [5.74, 6) is 3.42. The first-order chi connectivity index (χ1) is 7.61. The number of hydrazine groups is 1. The van der Waals surface area contributed by atoms with Gasteiger partial charge in [-0.15, -0.1) is 0 Å². The molecule has 5 nitrogen and oxygen atoms in total. The summed E-state index contributed by atoms with van der Waals surface area (Å²) in [7, 11) is 0. The Bertz CT molecular complexity index is 621. The number of amides is 1. The first kappa shape index (κ1) is 10.3. The van der Waals surface area contributed by atoms with Gasteiger partial charge in [0, 0.05) is 6.07 Å². The van der Waals surface area contributed by atoms with E-state index >= 15 is 0 Å². The molecule has 0 radical (unpaired) electrons. The zero-order valence-corrected chi connectivity index (χ0v) is 7.99. The van der Waals surface area contributed by atoms with Crippen LogP contribution in [0.2, 0.25) is 0 Å². The summed E-state index contributed by atoms with van der Waals surface area (Å²) in [6.07, 6.45) is 0. The molecular formula is C10H7FN2O3. The Morgan fingerprint density at radius 3 is 2.81 bits per heavy atom. The number of nitrogens with two attached hydrogens (primary N) is 1. The van der Waals surface area contributed by atoms with E-state index in [0.29, 0.717) is 0 Å².